The minimum atomic E-state index is -0.551. The maximum absolute atomic E-state index is 13.6. The van der Waals surface area contributed by atoms with Gasteiger partial charge in [0.1, 0.15) is 5.82 Å². The molecule has 29 heavy (non-hydrogen) atoms. The normalized spacial score (nSPS) is 14.7. The molecule has 1 aliphatic heterocycles. The van der Waals surface area contributed by atoms with Gasteiger partial charge in [-0.2, -0.15) is 0 Å². The molecule has 154 valence electrons. The van der Waals surface area contributed by atoms with Crippen LogP contribution in [0.1, 0.15) is 16.1 Å². The molecule has 2 amide bonds. The van der Waals surface area contributed by atoms with Crippen LogP contribution < -0.4 is 10.6 Å². The number of hydrogen-bond acceptors (Lipinski definition) is 5. The van der Waals surface area contributed by atoms with E-state index in [1.54, 1.807) is 17.0 Å². The zero-order chi connectivity index (χ0) is 21.0. The first-order valence-electron chi connectivity index (χ1n) is 9.27. The minimum Gasteiger partial charge on any atom is -0.324 e. The predicted octanol–water partition coefficient (Wildman–Crippen LogP) is 2.39. The van der Waals surface area contributed by atoms with E-state index in [2.05, 4.69) is 9.88 Å². The Kier molecular flexibility index (Phi) is 6.79. The topological polar surface area (TPSA) is 82.8 Å². The zero-order valence-electron chi connectivity index (χ0n) is 16.1. The van der Waals surface area contributed by atoms with Crippen molar-refractivity contribution in [3.05, 3.63) is 58.6 Å². The molecule has 1 aromatic heterocycles. The third-order valence-electron chi connectivity index (χ3n) is 4.87. The molecule has 0 bridgehead atoms. The number of carbonyl (C=O) groups excluding carboxylic acids is 2. The highest BCUT2D eigenvalue weighted by Gasteiger charge is 2.26. The van der Waals surface area contributed by atoms with Crippen molar-refractivity contribution in [3.8, 4) is 0 Å². The fraction of sp³-hybridized carbons (Fsp3) is 0.350. The van der Waals surface area contributed by atoms with E-state index >= 15 is 0 Å². The van der Waals surface area contributed by atoms with Crippen molar-refractivity contribution in [1.82, 2.24) is 14.8 Å². The molecule has 9 heteroatoms. The Hall–Kier alpha value is -2.55. The quantitative estimate of drug-likeness (QED) is 0.752. The number of aromatic nitrogens is 1. The van der Waals surface area contributed by atoms with Crippen LogP contribution in [0.2, 0.25) is 5.02 Å². The lowest BCUT2D eigenvalue weighted by molar-refractivity contribution is 0.100. The number of hydrogen-bond donors (Lipinski definition) is 1. The molecule has 0 atom stereocenters. The van der Waals surface area contributed by atoms with Gasteiger partial charge in [0, 0.05) is 43.6 Å². The fourth-order valence-corrected chi connectivity index (χ4v) is 3.23. The first-order valence-corrected chi connectivity index (χ1v) is 9.65. The number of piperazine rings is 1. The fourth-order valence-electron chi connectivity index (χ4n) is 3.05. The summed E-state index contributed by atoms with van der Waals surface area (Å²) in [5, 5.41) is -0.0597. The highest BCUT2D eigenvalue weighted by Crippen LogP contribution is 2.25. The summed E-state index contributed by atoms with van der Waals surface area (Å²) in [4.78, 5) is 34.6. The molecule has 1 aliphatic rings. The zero-order valence-corrected chi connectivity index (χ0v) is 16.9. The summed E-state index contributed by atoms with van der Waals surface area (Å²) in [6.45, 7) is 2.80. The molecule has 0 unspecified atom stereocenters. The van der Waals surface area contributed by atoms with Gasteiger partial charge in [0.25, 0.3) is 0 Å². The van der Waals surface area contributed by atoms with Crippen LogP contribution in [0.25, 0.3) is 0 Å². The van der Waals surface area contributed by atoms with Crippen LogP contribution in [-0.4, -0.2) is 66.4 Å². The summed E-state index contributed by atoms with van der Waals surface area (Å²) in [7, 11) is 2.01. The van der Waals surface area contributed by atoms with E-state index in [4.69, 9.17) is 17.3 Å². The van der Waals surface area contributed by atoms with E-state index in [0.29, 0.717) is 30.0 Å². The minimum absolute atomic E-state index is 0.0597. The Bertz CT molecular complexity index is 885. The SMILES string of the molecule is CN1CCN(C(=O)N(Cc2ccc(C(=O)CN)cn2)c2ccc(F)c(Cl)c2)CC1. The van der Waals surface area contributed by atoms with Gasteiger partial charge < -0.3 is 15.5 Å². The summed E-state index contributed by atoms with van der Waals surface area (Å²) < 4.78 is 13.6. The summed E-state index contributed by atoms with van der Waals surface area (Å²) >= 11 is 5.94. The first kappa shape index (κ1) is 21.2. The van der Waals surface area contributed by atoms with Gasteiger partial charge in [0.05, 0.1) is 23.8 Å². The van der Waals surface area contributed by atoms with Gasteiger partial charge in [-0.1, -0.05) is 11.6 Å². The Morgan fingerprint density at radius 3 is 2.52 bits per heavy atom. The van der Waals surface area contributed by atoms with Gasteiger partial charge in [0.15, 0.2) is 5.78 Å². The smallest absolute Gasteiger partial charge is 0.324 e. The monoisotopic (exact) mass is 419 g/mol. The van der Waals surface area contributed by atoms with Crippen molar-refractivity contribution < 1.29 is 14.0 Å². The van der Waals surface area contributed by atoms with Crippen molar-refractivity contribution >= 4 is 29.1 Å². The van der Waals surface area contributed by atoms with Crippen molar-refractivity contribution in [2.45, 2.75) is 6.54 Å². The molecule has 2 N–H and O–H groups in total. The van der Waals surface area contributed by atoms with E-state index in [9.17, 15) is 14.0 Å². The number of benzene rings is 1. The summed E-state index contributed by atoms with van der Waals surface area (Å²) in [6, 6.07) is 7.29. The lowest BCUT2D eigenvalue weighted by Gasteiger charge is -2.36. The van der Waals surface area contributed by atoms with Gasteiger partial charge >= 0.3 is 6.03 Å². The van der Waals surface area contributed by atoms with Crippen LogP contribution >= 0.6 is 11.6 Å². The number of halogens is 2. The Morgan fingerprint density at radius 2 is 1.93 bits per heavy atom. The van der Waals surface area contributed by atoms with Crippen LogP contribution in [0.15, 0.2) is 36.5 Å². The number of amides is 2. The number of rotatable bonds is 5. The lowest BCUT2D eigenvalue weighted by atomic mass is 10.1. The molecule has 1 fully saturated rings. The molecule has 7 nitrogen and oxygen atoms in total. The van der Waals surface area contributed by atoms with E-state index in [0.717, 1.165) is 13.1 Å². The number of pyridine rings is 1. The molecule has 2 heterocycles. The maximum Gasteiger partial charge on any atom is 0.324 e. The molecule has 1 aromatic carbocycles. The standard InChI is InChI=1S/C20H23ClFN5O2/c1-25-6-8-26(9-7-25)20(29)27(16-4-5-18(22)17(21)10-16)13-15-3-2-14(12-24-15)19(28)11-23/h2-5,10,12H,6-9,11,13,23H2,1H3. The Labute approximate surface area is 173 Å². The van der Waals surface area contributed by atoms with E-state index in [-0.39, 0.29) is 29.9 Å². The summed E-state index contributed by atoms with van der Waals surface area (Å²) in [5.41, 5.74) is 6.85. The average Bonchev–Trinajstić information content (AvgIpc) is 2.74. The van der Waals surface area contributed by atoms with Gasteiger partial charge in [-0.05, 0) is 37.4 Å². The molecular weight excluding hydrogens is 397 g/mol. The van der Waals surface area contributed by atoms with Gasteiger partial charge in [-0.15, -0.1) is 0 Å². The summed E-state index contributed by atoms with van der Waals surface area (Å²) in [6.07, 6.45) is 1.45. The number of carbonyl (C=O) groups is 2. The van der Waals surface area contributed by atoms with Crippen LogP contribution in [-0.2, 0) is 6.54 Å². The van der Waals surface area contributed by atoms with E-state index < -0.39 is 5.82 Å². The maximum atomic E-state index is 13.6. The third kappa shape index (κ3) is 5.09. The number of urea groups is 1. The van der Waals surface area contributed by atoms with Crippen LogP contribution in [0.4, 0.5) is 14.9 Å². The second kappa shape index (κ2) is 9.30. The second-order valence-electron chi connectivity index (χ2n) is 6.92. The van der Waals surface area contributed by atoms with E-state index in [1.807, 2.05) is 7.05 Å². The number of nitrogens with two attached hydrogens (primary N) is 1. The number of ketones is 1. The molecule has 0 aliphatic carbocycles. The van der Waals surface area contributed by atoms with Crippen molar-refractivity contribution in [2.75, 3.05) is 44.7 Å². The molecule has 1 saturated heterocycles. The number of Topliss-reactive ketones (excluding diaryl/α,β-unsaturated/α-hetero) is 1. The molecule has 0 radical (unpaired) electrons. The molecule has 3 rings (SSSR count). The Balaban J connectivity index is 1.87. The van der Waals surface area contributed by atoms with Crippen molar-refractivity contribution in [1.29, 1.82) is 0 Å². The Morgan fingerprint density at radius 1 is 1.21 bits per heavy atom. The number of anilines is 1. The van der Waals surface area contributed by atoms with Crippen LogP contribution in [0, 0.1) is 5.82 Å². The molecule has 0 spiro atoms. The highest BCUT2D eigenvalue weighted by atomic mass is 35.5. The summed E-state index contributed by atoms with van der Waals surface area (Å²) in [5.74, 6) is -0.759. The second-order valence-corrected chi connectivity index (χ2v) is 7.33. The first-order chi connectivity index (χ1) is 13.9. The van der Waals surface area contributed by atoms with Crippen molar-refractivity contribution in [2.24, 2.45) is 5.73 Å². The lowest BCUT2D eigenvalue weighted by Crippen LogP contribution is -2.52. The highest BCUT2D eigenvalue weighted by molar-refractivity contribution is 6.31. The largest absolute Gasteiger partial charge is 0.324 e. The van der Waals surface area contributed by atoms with Gasteiger partial charge in [-0.25, -0.2) is 9.18 Å². The van der Waals surface area contributed by atoms with Gasteiger partial charge in [0.2, 0.25) is 0 Å². The third-order valence-corrected chi connectivity index (χ3v) is 5.16. The molecule has 0 saturated carbocycles. The van der Waals surface area contributed by atoms with Gasteiger partial charge in [-0.3, -0.25) is 14.7 Å². The molecule has 2 aromatic rings. The predicted molar refractivity (Wildman–Crippen MR) is 110 cm³/mol. The number of nitrogens with zero attached hydrogens (tertiary/aromatic N) is 4. The van der Waals surface area contributed by atoms with Crippen LogP contribution in [0.5, 0.6) is 0 Å². The van der Waals surface area contributed by atoms with E-state index in [1.165, 1.54) is 29.3 Å². The van der Waals surface area contributed by atoms with Crippen LogP contribution in [0.3, 0.4) is 0 Å². The average molecular weight is 420 g/mol. The molecular formula is C20H23ClFN5O2. The van der Waals surface area contributed by atoms with Crippen molar-refractivity contribution in [3.63, 3.8) is 0 Å². The number of likely N-dealkylation sites (N-methyl/N-ethyl adjacent to an activating group) is 1.